The van der Waals surface area contributed by atoms with Crippen LogP contribution in [0.1, 0.15) is 11.3 Å². The van der Waals surface area contributed by atoms with E-state index in [0.29, 0.717) is 5.69 Å². The summed E-state index contributed by atoms with van der Waals surface area (Å²) in [6, 6.07) is 4.36. The van der Waals surface area contributed by atoms with E-state index in [1.54, 1.807) is 18.3 Å². The minimum atomic E-state index is -4.43. The van der Waals surface area contributed by atoms with Crippen LogP contribution in [0.3, 0.4) is 0 Å². The molecule has 16 heavy (non-hydrogen) atoms. The van der Waals surface area contributed by atoms with Crippen LogP contribution in [0.4, 0.5) is 13.2 Å². The Balaban J connectivity index is 2.35. The third-order valence-corrected chi connectivity index (χ3v) is 2.06. The summed E-state index contributed by atoms with van der Waals surface area (Å²) in [4.78, 5) is 4.01. The Labute approximate surface area is 89.3 Å². The molecule has 3 nitrogen and oxygen atoms in total. The molecule has 2 heterocycles. The van der Waals surface area contributed by atoms with Gasteiger partial charge in [-0.1, -0.05) is 6.07 Å². The van der Waals surface area contributed by atoms with E-state index in [-0.39, 0.29) is 5.69 Å². The van der Waals surface area contributed by atoms with E-state index < -0.39 is 11.9 Å². The van der Waals surface area contributed by atoms with Crippen molar-refractivity contribution in [2.75, 3.05) is 0 Å². The predicted octanol–water partition coefficient (Wildman–Crippen LogP) is 2.80. The van der Waals surface area contributed by atoms with E-state index in [1.165, 1.54) is 0 Å². The van der Waals surface area contributed by atoms with E-state index in [4.69, 9.17) is 0 Å². The maximum atomic E-state index is 12.3. The summed E-state index contributed by atoms with van der Waals surface area (Å²) < 4.78 is 36.8. The fourth-order valence-corrected chi connectivity index (χ4v) is 1.23. The lowest BCUT2D eigenvalue weighted by Crippen LogP contribution is -2.04. The molecule has 0 bridgehead atoms. The van der Waals surface area contributed by atoms with Gasteiger partial charge in [-0.25, -0.2) is 0 Å². The van der Waals surface area contributed by atoms with E-state index in [9.17, 15) is 13.2 Å². The zero-order chi connectivity index (χ0) is 11.8. The van der Waals surface area contributed by atoms with Crippen LogP contribution in [0.15, 0.2) is 24.4 Å². The van der Waals surface area contributed by atoms with Gasteiger partial charge in [-0.15, -0.1) is 0 Å². The number of alkyl halides is 3. The van der Waals surface area contributed by atoms with Crippen molar-refractivity contribution in [3.8, 4) is 11.4 Å². The number of halogens is 3. The van der Waals surface area contributed by atoms with E-state index >= 15 is 0 Å². The van der Waals surface area contributed by atoms with Crippen LogP contribution in [0.25, 0.3) is 11.4 Å². The van der Waals surface area contributed by atoms with Gasteiger partial charge in [0.25, 0.3) is 0 Å². The molecule has 2 aromatic heterocycles. The van der Waals surface area contributed by atoms with E-state index in [2.05, 4.69) is 15.2 Å². The molecule has 0 saturated carbocycles. The number of nitrogens with zero attached hydrogens (tertiary/aromatic N) is 2. The topological polar surface area (TPSA) is 41.6 Å². The van der Waals surface area contributed by atoms with Gasteiger partial charge in [0.1, 0.15) is 0 Å². The van der Waals surface area contributed by atoms with Gasteiger partial charge in [0.05, 0.1) is 11.4 Å². The van der Waals surface area contributed by atoms with Gasteiger partial charge in [0.15, 0.2) is 5.69 Å². The van der Waals surface area contributed by atoms with Crippen molar-refractivity contribution >= 4 is 0 Å². The summed E-state index contributed by atoms with van der Waals surface area (Å²) in [5, 5.41) is 5.51. The molecule has 84 valence electrons. The first-order valence-corrected chi connectivity index (χ1v) is 4.52. The highest BCUT2D eigenvalue weighted by Crippen LogP contribution is 2.29. The molecule has 0 amide bonds. The van der Waals surface area contributed by atoms with Gasteiger partial charge in [0, 0.05) is 6.20 Å². The fourth-order valence-electron chi connectivity index (χ4n) is 1.23. The lowest BCUT2D eigenvalue weighted by molar-refractivity contribution is -0.141. The third-order valence-electron chi connectivity index (χ3n) is 2.06. The quantitative estimate of drug-likeness (QED) is 0.813. The number of H-pyrrole nitrogens is 1. The van der Waals surface area contributed by atoms with Crippen molar-refractivity contribution in [1.29, 1.82) is 0 Å². The predicted molar refractivity (Wildman–Crippen MR) is 51.6 cm³/mol. The maximum absolute atomic E-state index is 12.3. The van der Waals surface area contributed by atoms with Gasteiger partial charge in [-0.3, -0.25) is 10.1 Å². The largest absolute Gasteiger partial charge is 0.435 e. The molecule has 1 N–H and O–H groups in total. The first kappa shape index (κ1) is 10.7. The zero-order valence-electron chi connectivity index (χ0n) is 8.34. The SMILES string of the molecule is Cc1ccc(-c2cc(C(F)(F)F)n[nH]2)nc1. The summed E-state index contributed by atoms with van der Waals surface area (Å²) in [7, 11) is 0. The first-order chi connectivity index (χ1) is 7.47. The van der Waals surface area contributed by atoms with Gasteiger partial charge in [-0.2, -0.15) is 18.3 Å². The van der Waals surface area contributed by atoms with Gasteiger partial charge >= 0.3 is 6.18 Å². The highest BCUT2D eigenvalue weighted by Gasteiger charge is 2.33. The standard InChI is InChI=1S/C10H8F3N3/c1-6-2-3-7(14-5-6)8-4-9(16-15-8)10(11,12)13/h2-5H,1H3,(H,15,16). The third kappa shape index (κ3) is 2.05. The van der Waals surface area contributed by atoms with Gasteiger partial charge in [0.2, 0.25) is 0 Å². The molecule has 0 saturated heterocycles. The van der Waals surface area contributed by atoms with Crippen molar-refractivity contribution in [3.05, 3.63) is 35.7 Å². The van der Waals surface area contributed by atoms with Crippen LogP contribution in [0.5, 0.6) is 0 Å². The normalized spacial score (nSPS) is 11.8. The van der Waals surface area contributed by atoms with Crippen LogP contribution < -0.4 is 0 Å². The number of aromatic amines is 1. The molecule has 0 spiro atoms. The van der Waals surface area contributed by atoms with Crippen molar-refractivity contribution in [2.24, 2.45) is 0 Å². The molecule has 0 aliphatic carbocycles. The van der Waals surface area contributed by atoms with Crippen LogP contribution in [0, 0.1) is 6.92 Å². The average Bonchev–Trinajstić information content (AvgIpc) is 2.67. The van der Waals surface area contributed by atoms with Crippen molar-refractivity contribution < 1.29 is 13.2 Å². The summed E-state index contributed by atoms with van der Waals surface area (Å²) in [6.45, 7) is 1.85. The molecule has 0 atom stereocenters. The average molecular weight is 227 g/mol. The molecular formula is C10H8F3N3. The minimum absolute atomic E-state index is 0.257. The highest BCUT2D eigenvalue weighted by atomic mass is 19.4. The number of hydrogen-bond acceptors (Lipinski definition) is 2. The Kier molecular flexibility index (Phi) is 2.41. The minimum Gasteiger partial charge on any atom is -0.276 e. The lowest BCUT2D eigenvalue weighted by atomic mass is 10.2. The number of nitrogens with one attached hydrogen (secondary N) is 1. The van der Waals surface area contributed by atoms with Crippen molar-refractivity contribution in [3.63, 3.8) is 0 Å². The Morgan fingerprint density at radius 3 is 2.50 bits per heavy atom. The summed E-state index contributed by atoms with van der Waals surface area (Å²) in [5.74, 6) is 0. The Bertz CT molecular complexity index is 485. The summed E-state index contributed by atoms with van der Waals surface area (Å²) in [6.07, 6.45) is -2.84. The van der Waals surface area contributed by atoms with Crippen LogP contribution >= 0.6 is 0 Å². The summed E-state index contributed by atoms with van der Waals surface area (Å²) in [5.41, 5.74) is 0.699. The van der Waals surface area contributed by atoms with Gasteiger partial charge < -0.3 is 0 Å². The molecule has 2 aromatic rings. The number of aryl methyl sites for hydroxylation is 1. The Hall–Kier alpha value is -1.85. The number of hydrogen-bond donors (Lipinski definition) is 1. The van der Waals surface area contributed by atoms with E-state index in [1.807, 2.05) is 6.92 Å². The molecule has 0 radical (unpaired) electrons. The molecule has 0 aromatic carbocycles. The van der Waals surface area contributed by atoms with Crippen LogP contribution in [-0.4, -0.2) is 15.2 Å². The van der Waals surface area contributed by atoms with Crippen molar-refractivity contribution in [2.45, 2.75) is 13.1 Å². The number of pyridine rings is 1. The van der Waals surface area contributed by atoms with Gasteiger partial charge in [-0.05, 0) is 24.6 Å². The second kappa shape index (κ2) is 3.62. The zero-order valence-corrected chi connectivity index (χ0v) is 8.34. The van der Waals surface area contributed by atoms with Crippen molar-refractivity contribution in [1.82, 2.24) is 15.2 Å². The highest BCUT2D eigenvalue weighted by molar-refractivity contribution is 5.54. The van der Waals surface area contributed by atoms with Crippen LogP contribution in [-0.2, 0) is 6.18 Å². The summed E-state index contributed by atoms with van der Waals surface area (Å²) >= 11 is 0. The second-order valence-corrected chi connectivity index (χ2v) is 3.39. The fraction of sp³-hybridized carbons (Fsp3) is 0.200. The molecular weight excluding hydrogens is 219 g/mol. The molecule has 0 aliphatic heterocycles. The van der Waals surface area contributed by atoms with E-state index in [0.717, 1.165) is 11.6 Å². The number of aromatic nitrogens is 3. The smallest absolute Gasteiger partial charge is 0.276 e. The maximum Gasteiger partial charge on any atom is 0.435 e. The molecule has 0 aliphatic rings. The molecule has 6 heteroatoms. The lowest BCUT2D eigenvalue weighted by Gasteiger charge is -1.99. The number of rotatable bonds is 1. The van der Waals surface area contributed by atoms with Crippen LogP contribution in [0.2, 0.25) is 0 Å². The monoisotopic (exact) mass is 227 g/mol. The molecule has 0 unspecified atom stereocenters. The molecule has 2 rings (SSSR count). The second-order valence-electron chi connectivity index (χ2n) is 3.39. The first-order valence-electron chi connectivity index (χ1n) is 4.52. The Morgan fingerprint density at radius 2 is 2.00 bits per heavy atom. The molecule has 0 fully saturated rings. The Morgan fingerprint density at radius 1 is 1.25 bits per heavy atom.